The van der Waals surface area contributed by atoms with E-state index >= 15 is 0 Å². The van der Waals surface area contributed by atoms with Crippen molar-refractivity contribution in [1.82, 2.24) is 4.57 Å². The monoisotopic (exact) mass is 264 g/mol. The Kier molecular flexibility index (Phi) is 4.62. The maximum Gasteiger partial charge on any atom is 0.255 e. The minimum Gasteiger partial charge on any atom is -0.322 e. The molecule has 1 rings (SSSR count). The largest absolute Gasteiger partial charge is 0.322 e. The van der Waals surface area contributed by atoms with Gasteiger partial charge in [-0.1, -0.05) is 34.1 Å². The number of pyridine rings is 1. The van der Waals surface area contributed by atoms with Crippen LogP contribution < -0.4 is 11.3 Å². The fraction of sp³-hybridized carbons (Fsp3) is 0.688. The van der Waals surface area contributed by atoms with Crippen LogP contribution in [-0.4, -0.2) is 4.57 Å². The summed E-state index contributed by atoms with van der Waals surface area (Å²) in [6, 6.07) is 3.95. The molecule has 0 aromatic carbocycles. The lowest BCUT2D eigenvalue weighted by molar-refractivity contribution is 0.471. The Hall–Kier alpha value is -1.09. The molecule has 0 saturated carbocycles. The SMILES string of the molecule is CCCCn1c(C(C)(C)C)ccc(C(C)(C)N)c1=O. The van der Waals surface area contributed by atoms with Gasteiger partial charge in [0.05, 0.1) is 0 Å². The van der Waals surface area contributed by atoms with E-state index in [0.717, 1.165) is 25.1 Å². The first kappa shape index (κ1) is 16.0. The van der Waals surface area contributed by atoms with Crippen molar-refractivity contribution in [2.45, 2.75) is 71.9 Å². The number of nitrogens with two attached hydrogens (primary N) is 1. The summed E-state index contributed by atoms with van der Waals surface area (Å²) in [6.07, 6.45) is 2.09. The van der Waals surface area contributed by atoms with Gasteiger partial charge in [-0.05, 0) is 32.4 Å². The van der Waals surface area contributed by atoms with Gasteiger partial charge in [-0.2, -0.15) is 0 Å². The number of nitrogens with zero attached hydrogens (tertiary/aromatic N) is 1. The van der Waals surface area contributed by atoms with E-state index in [-0.39, 0.29) is 11.0 Å². The number of rotatable bonds is 4. The normalized spacial score (nSPS) is 12.8. The summed E-state index contributed by atoms with van der Waals surface area (Å²) in [5.74, 6) is 0. The summed E-state index contributed by atoms with van der Waals surface area (Å²) in [7, 11) is 0. The van der Waals surface area contributed by atoms with E-state index in [9.17, 15) is 4.79 Å². The lowest BCUT2D eigenvalue weighted by Gasteiger charge is -2.27. The second-order valence-electron chi connectivity index (χ2n) is 6.91. The molecule has 0 spiro atoms. The molecule has 0 aliphatic heterocycles. The lowest BCUT2D eigenvalue weighted by Crippen LogP contribution is -2.40. The molecule has 19 heavy (non-hydrogen) atoms. The Morgan fingerprint density at radius 2 is 1.74 bits per heavy atom. The highest BCUT2D eigenvalue weighted by Crippen LogP contribution is 2.23. The van der Waals surface area contributed by atoms with E-state index in [1.165, 1.54) is 0 Å². The molecule has 108 valence electrons. The van der Waals surface area contributed by atoms with Crippen LogP contribution in [0.25, 0.3) is 0 Å². The Bertz CT molecular complexity index is 487. The lowest BCUT2D eigenvalue weighted by atomic mass is 9.89. The third kappa shape index (κ3) is 3.69. The van der Waals surface area contributed by atoms with Crippen LogP contribution >= 0.6 is 0 Å². The summed E-state index contributed by atoms with van der Waals surface area (Å²) >= 11 is 0. The highest BCUT2D eigenvalue weighted by atomic mass is 16.1. The zero-order chi connectivity index (χ0) is 14.8. The van der Waals surface area contributed by atoms with Crippen molar-refractivity contribution in [2.24, 2.45) is 5.73 Å². The third-order valence-electron chi connectivity index (χ3n) is 3.37. The molecule has 0 atom stereocenters. The van der Waals surface area contributed by atoms with Crippen LogP contribution in [0.1, 0.15) is 65.6 Å². The van der Waals surface area contributed by atoms with Crippen LogP contribution in [0.2, 0.25) is 0 Å². The van der Waals surface area contributed by atoms with Gasteiger partial charge in [-0.3, -0.25) is 4.79 Å². The molecule has 0 saturated heterocycles. The molecule has 0 unspecified atom stereocenters. The number of aromatic nitrogens is 1. The molecule has 0 radical (unpaired) electrons. The molecule has 1 aromatic rings. The van der Waals surface area contributed by atoms with Crippen LogP contribution in [0.15, 0.2) is 16.9 Å². The van der Waals surface area contributed by atoms with Gasteiger partial charge < -0.3 is 10.3 Å². The molecule has 0 aliphatic rings. The van der Waals surface area contributed by atoms with Crippen molar-refractivity contribution in [2.75, 3.05) is 0 Å². The summed E-state index contributed by atoms with van der Waals surface area (Å²) in [4.78, 5) is 12.7. The second kappa shape index (κ2) is 5.49. The molecule has 3 heteroatoms. The standard InChI is InChI=1S/C16H28N2O/c1-7-8-11-18-13(15(2,3)4)10-9-12(14(18)19)16(5,6)17/h9-10H,7-8,11,17H2,1-6H3. The molecule has 0 aliphatic carbocycles. The van der Waals surface area contributed by atoms with Crippen molar-refractivity contribution in [3.05, 3.63) is 33.7 Å². The van der Waals surface area contributed by atoms with Gasteiger partial charge in [0.1, 0.15) is 0 Å². The summed E-state index contributed by atoms with van der Waals surface area (Å²) in [5.41, 5.74) is 7.30. The zero-order valence-corrected chi connectivity index (χ0v) is 13.2. The maximum atomic E-state index is 12.7. The number of hydrogen-bond donors (Lipinski definition) is 1. The zero-order valence-electron chi connectivity index (χ0n) is 13.2. The first-order valence-corrected chi connectivity index (χ1v) is 7.12. The maximum absolute atomic E-state index is 12.7. The van der Waals surface area contributed by atoms with Gasteiger partial charge in [0.25, 0.3) is 5.56 Å². The third-order valence-corrected chi connectivity index (χ3v) is 3.37. The van der Waals surface area contributed by atoms with Gasteiger partial charge >= 0.3 is 0 Å². The minimum atomic E-state index is -0.596. The van der Waals surface area contributed by atoms with E-state index in [0.29, 0.717) is 5.56 Å². The smallest absolute Gasteiger partial charge is 0.255 e. The Labute approximate surface area is 116 Å². The van der Waals surface area contributed by atoms with E-state index in [1.807, 2.05) is 24.5 Å². The van der Waals surface area contributed by atoms with Crippen molar-refractivity contribution in [3.8, 4) is 0 Å². The van der Waals surface area contributed by atoms with E-state index in [2.05, 4.69) is 33.8 Å². The highest BCUT2D eigenvalue weighted by molar-refractivity contribution is 5.25. The Morgan fingerprint density at radius 3 is 2.16 bits per heavy atom. The minimum absolute atomic E-state index is 0.0375. The molecule has 1 aromatic heterocycles. The van der Waals surface area contributed by atoms with Crippen molar-refractivity contribution < 1.29 is 0 Å². The van der Waals surface area contributed by atoms with Crippen LogP contribution in [0.5, 0.6) is 0 Å². The first-order valence-electron chi connectivity index (χ1n) is 7.12. The molecule has 0 amide bonds. The van der Waals surface area contributed by atoms with Crippen LogP contribution in [-0.2, 0) is 17.5 Å². The molecule has 2 N–H and O–H groups in total. The van der Waals surface area contributed by atoms with Crippen molar-refractivity contribution in [3.63, 3.8) is 0 Å². The van der Waals surface area contributed by atoms with E-state index in [1.54, 1.807) is 0 Å². The summed E-state index contributed by atoms with van der Waals surface area (Å²) in [5, 5.41) is 0. The van der Waals surface area contributed by atoms with Gasteiger partial charge in [0.2, 0.25) is 0 Å². The average Bonchev–Trinajstić information content (AvgIpc) is 2.23. The van der Waals surface area contributed by atoms with Gasteiger partial charge in [-0.25, -0.2) is 0 Å². The number of hydrogen-bond acceptors (Lipinski definition) is 2. The number of unbranched alkanes of at least 4 members (excludes halogenated alkanes) is 1. The average molecular weight is 264 g/mol. The van der Waals surface area contributed by atoms with E-state index < -0.39 is 5.54 Å². The summed E-state index contributed by atoms with van der Waals surface area (Å²) < 4.78 is 1.91. The molecule has 0 fully saturated rings. The molecule has 3 nitrogen and oxygen atoms in total. The van der Waals surface area contributed by atoms with Crippen LogP contribution in [0.4, 0.5) is 0 Å². The Morgan fingerprint density at radius 1 is 1.16 bits per heavy atom. The predicted octanol–water partition coefficient (Wildman–Crippen LogP) is 3.14. The second-order valence-corrected chi connectivity index (χ2v) is 6.91. The fourth-order valence-electron chi connectivity index (χ4n) is 2.26. The molecule has 1 heterocycles. The van der Waals surface area contributed by atoms with Crippen LogP contribution in [0.3, 0.4) is 0 Å². The van der Waals surface area contributed by atoms with Crippen molar-refractivity contribution >= 4 is 0 Å². The van der Waals surface area contributed by atoms with Gasteiger partial charge in [0.15, 0.2) is 0 Å². The van der Waals surface area contributed by atoms with Gasteiger partial charge in [0, 0.05) is 28.8 Å². The Balaban J connectivity index is 3.46. The van der Waals surface area contributed by atoms with Gasteiger partial charge in [-0.15, -0.1) is 0 Å². The van der Waals surface area contributed by atoms with E-state index in [4.69, 9.17) is 5.73 Å². The topological polar surface area (TPSA) is 48.0 Å². The quantitative estimate of drug-likeness (QED) is 0.908. The summed E-state index contributed by atoms with van der Waals surface area (Å²) in [6.45, 7) is 13.1. The molecular weight excluding hydrogens is 236 g/mol. The first-order chi connectivity index (χ1) is 8.59. The molecular formula is C16H28N2O. The van der Waals surface area contributed by atoms with Crippen LogP contribution in [0, 0.1) is 0 Å². The highest BCUT2D eigenvalue weighted by Gasteiger charge is 2.24. The fourth-order valence-corrected chi connectivity index (χ4v) is 2.26. The van der Waals surface area contributed by atoms with Crippen molar-refractivity contribution in [1.29, 1.82) is 0 Å². The predicted molar refractivity (Wildman–Crippen MR) is 81.5 cm³/mol. The molecule has 0 bridgehead atoms.